The van der Waals surface area contributed by atoms with Gasteiger partial charge in [-0.15, -0.1) is 0 Å². The fourth-order valence-electron chi connectivity index (χ4n) is 1.61. The molecule has 0 radical (unpaired) electrons. The van der Waals surface area contributed by atoms with Gasteiger partial charge in [0.1, 0.15) is 12.4 Å². The van der Waals surface area contributed by atoms with Gasteiger partial charge < -0.3 is 15.0 Å². The standard InChI is InChI=1S/C15H16ClN3O2/c1-19(15(20)18-13-5-3-7-17-11-13)8-9-21-14-6-2-4-12(16)10-14/h2-7,10-11H,8-9H2,1H3,(H,18,20). The molecule has 2 aromatic rings. The number of pyridine rings is 1. The number of amides is 2. The molecule has 5 nitrogen and oxygen atoms in total. The molecule has 0 aliphatic rings. The van der Waals surface area contributed by atoms with Gasteiger partial charge in [-0.3, -0.25) is 4.98 Å². The number of hydrogen-bond donors (Lipinski definition) is 1. The number of benzene rings is 1. The number of urea groups is 1. The summed E-state index contributed by atoms with van der Waals surface area (Å²) >= 11 is 5.87. The average Bonchev–Trinajstić information content (AvgIpc) is 2.48. The van der Waals surface area contributed by atoms with Crippen LogP contribution in [0.25, 0.3) is 0 Å². The fraction of sp³-hybridized carbons (Fsp3) is 0.200. The van der Waals surface area contributed by atoms with Gasteiger partial charge >= 0.3 is 6.03 Å². The molecular weight excluding hydrogens is 290 g/mol. The third kappa shape index (κ3) is 4.96. The van der Waals surface area contributed by atoms with Crippen LogP contribution in [0.2, 0.25) is 5.02 Å². The molecule has 0 spiro atoms. The van der Waals surface area contributed by atoms with Gasteiger partial charge in [-0.25, -0.2) is 4.79 Å². The predicted octanol–water partition coefficient (Wildman–Crippen LogP) is 3.28. The van der Waals surface area contributed by atoms with Gasteiger partial charge in [0.05, 0.1) is 18.4 Å². The molecule has 1 N–H and O–H groups in total. The van der Waals surface area contributed by atoms with Crippen LogP contribution >= 0.6 is 11.6 Å². The summed E-state index contributed by atoms with van der Waals surface area (Å²) in [6, 6.07) is 10.5. The Morgan fingerprint density at radius 1 is 1.38 bits per heavy atom. The normalized spacial score (nSPS) is 10.0. The van der Waals surface area contributed by atoms with Crippen LogP contribution in [0, 0.1) is 0 Å². The molecule has 1 heterocycles. The Morgan fingerprint density at radius 2 is 2.24 bits per heavy atom. The van der Waals surface area contributed by atoms with E-state index < -0.39 is 0 Å². The van der Waals surface area contributed by atoms with Crippen LogP contribution in [0.3, 0.4) is 0 Å². The van der Waals surface area contributed by atoms with Crippen molar-refractivity contribution in [2.24, 2.45) is 0 Å². The Bertz CT molecular complexity index is 592. The lowest BCUT2D eigenvalue weighted by atomic mass is 10.3. The highest BCUT2D eigenvalue weighted by Gasteiger charge is 2.08. The van der Waals surface area contributed by atoms with Crippen LogP contribution in [0.1, 0.15) is 0 Å². The monoisotopic (exact) mass is 305 g/mol. The second-order valence-electron chi connectivity index (χ2n) is 4.40. The number of carbonyl (C=O) groups is 1. The van der Waals surface area contributed by atoms with Crippen LogP contribution in [-0.4, -0.2) is 36.1 Å². The van der Waals surface area contributed by atoms with Crippen molar-refractivity contribution in [3.8, 4) is 5.75 Å². The van der Waals surface area contributed by atoms with E-state index in [1.807, 2.05) is 12.1 Å². The van der Waals surface area contributed by atoms with Crippen molar-refractivity contribution >= 4 is 23.3 Å². The third-order valence-electron chi connectivity index (χ3n) is 2.75. The average molecular weight is 306 g/mol. The lowest BCUT2D eigenvalue weighted by molar-refractivity contribution is 0.207. The second-order valence-corrected chi connectivity index (χ2v) is 4.84. The first kappa shape index (κ1) is 15.1. The van der Waals surface area contributed by atoms with Crippen molar-refractivity contribution in [2.75, 3.05) is 25.5 Å². The van der Waals surface area contributed by atoms with E-state index in [0.29, 0.717) is 29.6 Å². The zero-order valence-corrected chi connectivity index (χ0v) is 12.4. The van der Waals surface area contributed by atoms with Crippen LogP contribution in [0.4, 0.5) is 10.5 Å². The summed E-state index contributed by atoms with van der Waals surface area (Å²) in [5.41, 5.74) is 0.658. The summed E-state index contributed by atoms with van der Waals surface area (Å²) in [5.74, 6) is 0.684. The molecule has 0 aliphatic carbocycles. The van der Waals surface area contributed by atoms with Crippen molar-refractivity contribution in [1.29, 1.82) is 0 Å². The molecule has 0 fully saturated rings. The van der Waals surface area contributed by atoms with Crippen molar-refractivity contribution in [3.63, 3.8) is 0 Å². The fourth-order valence-corrected chi connectivity index (χ4v) is 1.79. The topological polar surface area (TPSA) is 54.5 Å². The van der Waals surface area contributed by atoms with E-state index in [0.717, 1.165) is 0 Å². The maximum Gasteiger partial charge on any atom is 0.321 e. The first-order valence-corrected chi connectivity index (χ1v) is 6.83. The quantitative estimate of drug-likeness (QED) is 0.922. The summed E-state index contributed by atoms with van der Waals surface area (Å²) in [6.07, 6.45) is 3.24. The van der Waals surface area contributed by atoms with Gasteiger partial charge in [0.2, 0.25) is 0 Å². The van der Waals surface area contributed by atoms with E-state index in [1.165, 1.54) is 4.90 Å². The molecule has 0 saturated heterocycles. The molecule has 0 saturated carbocycles. The summed E-state index contributed by atoms with van der Waals surface area (Å²) in [4.78, 5) is 17.4. The number of ether oxygens (including phenoxy) is 1. The maximum absolute atomic E-state index is 11.9. The number of aromatic nitrogens is 1. The summed E-state index contributed by atoms with van der Waals surface area (Å²) < 4.78 is 5.54. The Balaban J connectivity index is 1.76. The molecule has 2 rings (SSSR count). The van der Waals surface area contributed by atoms with Gasteiger partial charge in [0.25, 0.3) is 0 Å². The minimum atomic E-state index is -0.210. The predicted molar refractivity (Wildman–Crippen MR) is 82.8 cm³/mol. The number of carbonyl (C=O) groups excluding carboxylic acids is 1. The molecule has 0 aliphatic heterocycles. The number of rotatable bonds is 5. The van der Waals surface area contributed by atoms with Crippen LogP contribution in [0.15, 0.2) is 48.8 Å². The molecule has 0 bridgehead atoms. The zero-order valence-electron chi connectivity index (χ0n) is 11.6. The number of hydrogen-bond acceptors (Lipinski definition) is 3. The highest BCUT2D eigenvalue weighted by atomic mass is 35.5. The van der Waals surface area contributed by atoms with E-state index in [4.69, 9.17) is 16.3 Å². The van der Waals surface area contributed by atoms with Crippen molar-refractivity contribution in [3.05, 3.63) is 53.8 Å². The molecule has 21 heavy (non-hydrogen) atoms. The zero-order chi connectivity index (χ0) is 15.1. The SMILES string of the molecule is CN(CCOc1cccc(Cl)c1)C(=O)Nc1cccnc1. The largest absolute Gasteiger partial charge is 0.492 e. The summed E-state index contributed by atoms with van der Waals surface area (Å²) in [6.45, 7) is 0.843. The van der Waals surface area contributed by atoms with Crippen LogP contribution in [0.5, 0.6) is 5.75 Å². The van der Waals surface area contributed by atoms with E-state index in [9.17, 15) is 4.79 Å². The molecule has 0 unspecified atom stereocenters. The van der Waals surface area contributed by atoms with Crippen LogP contribution in [-0.2, 0) is 0 Å². The van der Waals surface area contributed by atoms with Gasteiger partial charge in [0.15, 0.2) is 0 Å². The van der Waals surface area contributed by atoms with E-state index in [1.54, 1.807) is 43.7 Å². The van der Waals surface area contributed by atoms with Crippen molar-refractivity contribution < 1.29 is 9.53 Å². The number of anilines is 1. The molecule has 1 aromatic carbocycles. The smallest absolute Gasteiger partial charge is 0.321 e. The Morgan fingerprint density at radius 3 is 2.95 bits per heavy atom. The maximum atomic E-state index is 11.9. The number of nitrogens with zero attached hydrogens (tertiary/aromatic N) is 2. The van der Waals surface area contributed by atoms with Crippen LogP contribution < -0.4 is 10.1 Å². The Hall–Kier alpha value is -2.27. The van der Waals surface area contributed by atoms with Gasteiger partial charge in [-0.1, -0.05) is 17.7 Å². The Labute approximate surface area is 128 Å². The molecule has 2 amide bonds. The molecule has 110 valence electrons. The van der Waals surface area contributed by atoms with Gasteiger partial charge in [-0.2, -0.15) is 0 Å². The minimum absolute atomic E-state index is 0.210. The highest BCUT2D eigenvalue weighted by molar-refractivity contribution is 6.30. The number of likely N-dealkylation sites (N-methyl/N-ethyl adjacent to an activating group) is 1. The number of halogens is 1. The Kier molecular flexibility index (Phi) is 5.40. The lowest BCUT2D eigenvalue weighted by Crippen LogP contribution is -2.34. The van der Waals surface area contributed by atoms with Gasteiger partial charge in [0, 0.05) is 18.3 Å². The van der Waals surface area contributed by atoms with E-state index in [-0.39, 0.29) is 6.03 Å². The first-order valence-electron chi connectivity index (χ1n) is 6.45. The minimum Gasteiger partial charge on any atom is -0.492 e. The molecule has 1 aromatic heterocycles. The van der Waals surface area contributed by atoms with E-state index in [2.05, 4.69) is 10.3 Å². The molecule has 6 heteroatoms. The third-order valence-corrected chi connectivity index (χ3v) is 2.99. The molecule has 0 atom stereocenters. The lowest BCUT2D eigenvalue weighted by Gasteiger charge is -2.18. The number of nitrogens with one attached hydrogen (secondary N) is 1. The second kappa shape index (κ2) is 7.50. The summed E-state index contributed by atoms with van der Waals surface area (Å²) in [7, 11) is 1.70. The van der Waals surface area contributed by atoms with Crippen molar-refractivity contribution in [1.82, 2.24) is 9.88 Å². The van der Waals surface area contributed by atoms with Gasteiger partial charge in [-0.05, 0) is 30.3 Å². The molecular formula is C15H16ClN3O2. The van der Waals surface area contributed by atoms with E-state index >= 15 is 0 Å². The first-order chi connectivity index (χ1) is 10.1. The van der Waals surface area contributed by atoms with Crippen molar-refractivity contribution in [2.45, 2.75) is 0 Å². The summed E-state index contributed by atoms with van der Waals surface area (Å²) in [5, 5.41) is 3.37. The highest BCUT2D eigenvalue weighted by Crippen LogP contribution is 2.16.